The van der Waals surface area contributed by atoms with Gasteiger partial charge in [0, 0.05) is 13.6 Å². The van der Waals surface area contributed by atoms with Gasteiger partial charge in [-0.25, -0.2) is 13.9 Å². The van der Waals surface area contributed by atoms with Crippen molar-refractivity contribution in [2.24, 2.45) is 12.0 Å². The first-order chi connectivity index (χ1) is 12.0. The second kappa shape index (κ2) is 5.54. The van der Waals surface area contributed by atoms with Crippen LogP contribution in [0.1, 0.15) is 17.3 Å². The van der Waals surface area contributed by atoms with Crippen LogP contribution >= 0.6 is 0 Å². The lowest BCUT2D eigenvalue weighted by molar-refractivity contribution is -0.677. The van der Waals surface area contributed by atoms with Gasteiger partial charge in [-0.3, -0.25) is 14.6 Å². The lowest BCUT2D eigenvalue weighted by Gasteiger charge is -2.33. The van der Waals surface area contributed by atoms with Gasteiger partial charge in [0.15, 0.2) is 0 Å². The molecule has 2 aromatic rings. The highest BCUT2D eigenvalue weighted by Crippen LogP contribution is 2.28. The van der Waals surface area contributed by atoms with Crippen molar-refractivity contribution in [3.63, 3.8) is 0 Å². The minimum Gasteiger partial charge on any atom is -0.270 e. The van der Waals surface area contributed by atoms with Crippen LogP contribution in [-0.4, -0.2) is 45.7 Å². The Morgan fingerprint density at radius 2 is 1.88 bits per heavy atom. The number of nitrogens with zero attached hydrogens (tertiary/aromatic N) is 5. The third-order valence-electron chi connectivity index (χ3n) is 4.95. The Balaban J connectivity index is 1.64. The van der Waals surface area contributed by atoms with E-state index >= 15 is 0 Å². The Bertz CT molecular complexity index is 900. The summed E-state index contributed by atoms with van der Waals surface area (Å²) < 4.78 is 3.77. The van der Waals surface area contributed by atoms with Gasteiger partial charge in [-0.05, 0) is 18.9 Å². The second-order valence-electron chi connectivity index (χ2n) is 6.48. The third kappa shape index (κ3) is 2.26. The van der Waals surface area contributed by atoms with Crippen molar-refractivity contribution < 1.29 is 14.2 Å². The Morgan fingerprint density at radius 1 is 1.16 bits per heavy atom. The summed E-state index contributed by atoms with van der Waals surface area (Å²) in [6.45, 7) is 2.33. The normalized spacial score (nSPS) is 19.2. The van der Waals surface area contributed by atoms with E-state index < -0.39 is 6.04 Å². The summed E-state index contributed by atoms with van der Waals surface area (Å²) in [4.78, 5) is 33.0. The van der Waals surface area contributed by atoms with E-state index in [2.05, 4.69) is 4.99 Å². The number of imidazole rings is 1. The molecule has 4 rings (SSSR count). The summed E-state index contributed by atoms with van der Waals surface area (Å²) in [7, 11) is 3.58. The Hall–Kier alpha value is -2.96. The average molecular weight is 338 g/mol. The molecule has 0 bridgehead atoms. The van der Waals surface area contributed by atoms with Crippen LogP contribution in [0.3, 0.4) is 0 Å². The number of imide groups is 1. The molecule has 1 unspecified atom stereocenters. The van der Waals surface area contributed by atoms with Crippen LogP contribution in [0, 0.1) is 6.92 Å². The van der Waals surface area contributed by atoms with Gasteiger partial charge >= 0.3 is 12.0 Å². The summed E-state index contributed by atoms with van der Waals surface area (Å²) in [5, 5.41) is 0. The van der Waals surface area contributed by atoms with Gasteiger partial charge in [-0.2, -0.15) is 0 Å². The Kier molecular flexibility index (Phi) is 3.45. The molecule has 1 fully saturated rings. The van der Waals surface area contributed by atoms with Gasteiger partial charge < -0.3 is 0 Å². The molecular weight excluding hydrogens is 318 g/mol. The molecule has 1 aromatic heterocycles. The average Bonchev–Trinajstić information content (AvgIpc) is 3.11. The van der Waals surface area contributed by atoms with Crippen molar-refractivity contribution in [2.45, 2.75) is 19.4 Å². The molecule has 7 heteroatoms. The maximum atomic E-state index is 13.0. The maximum Gasteiger partial charge on any atom is 0.401 e. The number of aryl methyl sites for hydroxylation is 1. The molecule has 1 saturated heterocycles. The highest BCUT2D eigenvalue weighted by molar-refractivity contribution is 6.19. The Morgan fingerprint density at radius 3 is 2.60 bits per heavy atom. The summed E-state index contributed by atoms with van der Waals surface area (Å²) in [6, 6.07) is 8.98. The summed E-state index contributed by atoms with van der Waals surface area (Å²) in [5.41, 5.74) is 2.11. The molecule has 7 nitrogen and oxygen atoms in total. The Labute approximate surface area is 145 Å². The van der Waals surface area contributed by atoms with Crippen molar-refractivity contribution in [1.29, 1.82) is 0 Å². The van der Waals surface area contributed by atoms with Gasteiger partial charge in [-0.15, -0.1) is 0 Å². The van der Waals surface area contributed by atoms with Gasteiger partial charge in [0.25, 0.3) is 5.91 Å². The molecule has 128 valence electrons. The van der Waals surface area contributed by atoms with E-state index in [0.717, 1.165) is 11.3 Å². The quantitative estimate of drug-likeness (QED) is 0.793. The number of amidine groups is 1. The van der Waals surface area contributed by atoms with Gasteiger partial charge in [0.1, 0.15) is 11.9 Å². The van der Waals surface area contributed by atoms with E-state index in [1.165, 1.54) is 9.80 Å². The molecule has 2 aliphatic heterocycles. The fourth-order valence-corrected chi connectivity index (χ4v) is 3.39. The van der Waals surface area contributed by atoms with Crippen LogP contribution in [0.4, 0.5) is 10.7 Å². The van der Waals surface area contributed by atoms with E-state index in [4.69, 9.17) is 0 Å². The molecule has 0 saturated carbocycles. The van der Waals surface area contributed by atoms with Gasteiger partial charge in [0.05, 0.1) is 7.05 Å². The van der Waals surface area contributed by atoms with Crippen molar-refractivity contribution >= 4 is 23.7 Å². The number of aliphatic imine (C=N–C) groups is 1. The minimum atomic E-state index is -0.562. The van der Waals surface area contributed by atoms with Crippen molar-refractivity contribution in [3.8, 4) is 0 Å². The molecule has 25 heavy (non-hydrogen) atoms. The van der Waals surface area contributed by atoms with E-state index in [9.17, 15) is 9.59 Å². The van der Waals surface area contributed by atoms with E-state index in [1.54, 1.807) is 7.05 Å². The number of urea groups is 1. The molecular formula is C18H20N5O2+. The van der Waals surface area contributed by atoms with E-state index in [0.29, 0.717) is 24.7 Å². The number of likely N-dealkylation sites (N-methyl/N-ethyl adjacent to an activating group) is 1. The zero-order valence-electron chi connectivity index (χ0n) is 14.5. The summed E-state index contributed by atoms with van der Waals surface area (Å²) in [6.07, 6.45) is 2.55. The summed E-state index contributed by atoms with van der Waals surface area (Å²) in [5.74, 6) is 0.971. The lowest BCUT2D eigenvalue weighted by Crippen LogP contribution is -2.63. The highest BCUT2D eigenvalue weighted by atomic mass is 16.2. The largest absolute Gasteiger partial charge is 0.401 e. The molecule has 1 aromatic carbocycles. The van der Waals surface area contributed by atoms with Crippen molar-refractivity contribution in [1.82, 2.24) is 14.4 Å². The van der Waals surface area contributed by atoms with Crippen LogP contribution in [0.2, 0.25) is 0 Å². The maximum absolute atomic E-state index is 13.0. The summed E-state index contributed by atoms with van der Waals surface area (Å²) >= 11 is 0. The molecule has 2 aliphatic rings. The zero-order chi connectivity index (χ0) is 17.7. The van der Waals surface area contributed by atoms with Crippen LogP contribution in [0.5, 0.6) is 0 Å². The van der Waals surface area contributed by atoms with Crippen molar-refractivity contribution in [3.05, 3.63) is 47.8 Å². The number of benzene rings is 1. The molecule has 0 radical (unpaired) electrons. The lowest BCUT2D eigenvalue weighted by atomic mass is 10.1. The van der Waals surface area contributed by atoms with Crippen LogP contribution in [0.25, 0.3) is 0 Å². The number of carbonyl (C=O) groups is 2. The monoisotopic (exact) mass is 338 g/mol. The predicted molar refractivity (Wildman–Crippen MR) is 91.5 cm³/mol. The minimum absolute atomic E-state index is 0.216. The second-order valence-corrected chi connectivity index (χ2v) is 6.48. The first-order valence-electron chi connectivity index (χ1n) is 8.28. The van der Waals surface area contributed by atoms with Gasteiger partial charge in [0.2, 0.25) is 11.9 Å². The molecule has 3 heterocycles. The van der Waals surface area contributed by atoms with E-state index in [1.807, 2.05) is 59.6 Å². The first kappa shape index (κ1) is 15.6. The topological polar surface area (TPSA) is 61.8 Å². The number of carbonyl (C=O) groups excluding carboxylic acids is 2. The highest BCUT2D eigenvalue weighted by Gasteiger charge is 2.52. The van der Waals surface area contributed by atoms with Gasteiger partial charge in [-0.1, -0.05) is 35.3 Å². The first-order valence-corrected chi connectivity index (χ1v) is 8.28. The van der Waals surface area contributed by atoms with Crippen molar-refractivity contribution in [2.75, 3.05) is 13.6 Å². The number of rotatable bonds is 3. The molecule has 0 N–H and O–H groups in total. The number of fused-ring (bicyclic) bond motifs is 3. The third-order valence-corrected chi connectivity index (χ3v) is 4.95. The number of amides is 3. The SMILES string of the molecule is Cc1c[n+]2c(n1C)N=C1C2C(=O)N(CCc2ccccc2)C(=O)N1C. The predicted octanol–water partition coefficient (Wildman–Crippen LogP) is 1.34. The fraction of sp³-hybridized carbons (Fsp3) is 0.333. The molecule has 0 aliphatic carbocycles. The fourth-order valence-electron chi connectivity index (χ4n) is 3.39. The standard InChI is InChI=1S/C18H20N5O2/c1-12-11-23-14-15(19-17(23)20(12)2)21(3)18(25)22(16(14)24)10-9-13-7-5-4-6-8-13/h4-8,11,14H,9-10H2,1-3H3/q+1. The molecule has 3 amide bonds. The zero-order valence-corrected chi connectivity index (χ0v) is 14.5. The number of hydrogen-bond donors (Lipinski definition) is 0. The van der Waals surface area contributed by atoms with Crippen LogP contribution in [0.15, 0.2) is 41.5 Å². The number of hydrogen-bond acceptors (Lipinski definition) is 3. The van der Waals surface area contributed by atoms with Crippen LogP contribution in [-0.2, 0) is 18.3 Å². The van der Waals surface area contributed by atoms with E-state index in [-0.39, 0.29) is 11.9 Å². The molecule has 1 atom stereocenters. The number of aromatic nitrogens is 2. The van der Waals surface area contributed by atoms with Crippen LogP contribution < -0.4 is 4.57 Å². The smallest absolute Gasteiger partial charge is 0.270 e. The molecule has 0 spiro atoms.